The Bertz CT molecular complexity index is 1150. The van der Waals surface area contributed by atoms with Gasteiger partial charge in [-0.3, -0.25) is 19.3 Å². The number of fused-ring (bicyclic) bond motifs is 5. The summed E-state index contributed by atoms with van der Waals surface area (Å²) in [7, 11) is 3.07. The van der Waals surface area contributed by atoms with E-state index in [1.165, 1.54) is 17.6 Å². The maximum Gasteiger partial charge on any atom is 0.255 e. The Labute approximate surface area is 186 Å². The standard InChI is InChI=1S/C25H24N2O5/c1-13-10-15-11-18(13)22-21(15)24(29)27(25(22)30)16-6-4-14(5-7-16)23(28)26-19-9-8-17(31-2)12-20(19)32-3/h4-10,12,15,18,21-22H,11H2,1-3H3,(H,26,28)/t15-,18+,21-,22+/m0/s1. The lowest BCUT2D eigenvalue weighted by molar-refractivity contribution is -0.123. The molecule has 1 saturated heterocycles. The van der Waals surface area contributed by atoms with Gasteiger partial charge in [-0.05, 0) is 61.6 Å². The lowest BCUT2D eigenvalue weighted by Crippen LogP contribution is -2.33. The smallest absolute Gasteiger partial charge is 0.255 e. The number of benzene rings is 2. The van der Waals surface area contributed by atoms with Gasteiger partial charge in [-0.25, -0.2) is 0 Å². The van der Waals surface area contributed by atoms with Gasteiger partial charge in [-0.15, -0.1) is 0 Å². The minimum Gasteiger partial charge on any atom is -0.497 e. The van der Waals surface area contributed by atoms with E-state index in [0.717, 1.165) is 6.42 Å². The van der Waals surface area contributed by atoms with Crippen LogP contribution in [-0.2, 0) is 9.59 Å². The molecule has 32 heavy (non-hydrogen) atoms. The Kier molecular flexibility index (Phi) is 4.77. The Morgan fingerprint density at radius 3 is 2.41 bits per heavy atom. The van der Waals surface area contributed by atoms with Gasteiger partial charge in [0.2, 0.25) is 11.8 Å². The molecule has 1 N–H and O–H groups in total. The van der Waals surface area contributed by atoms with Crippen molar-refractivity contribution in [2.75, 3.05) is 24.4 Å². The molecule has 2 aromatic rings. The van der Waals surface area contributed by atoms with E-state index in [-0.39, 0.29) is 41.4 Å². The Hall–Kier alpha value is -3.61. The van der Waals surface area contributed by atoms with Crippen LogP contribution in [0.15, 0.2) is 54.1 Å². The second kappa shape index (κ2) is 7.51. The molecule has 0 aromatic heterocycles. The molecule has 3 amide bonds. The number of carbonyl (C=O) groups is 3. The largest absolute Gasteiger partial charge is 0.497 e. The fourth-order valence-electron chi connectivity index (χ4n) is 5.39. The van der Waals surface area contributed by atoms with Crippen LogP contribution in [0.3, 0.4) is 0 Å². The highest BCUT2D eigenvalue weighted by Crippen LogP contribution is 2.55. The van der Waals surface area contributed by atoms with Crippen molar-refractivity contribution in [2.24, 2.45) is 23.7 Å². The molecule has 2 aliphatic carbocycles. The molecule has 1 aliphatic heterocycles. The molecule has 4 atom stereocenters. The quantitative estimate of drug-likeness (QED) is 0.576. The van der Waals surface area contributed by atoms with Crippen LogP contribution in [0.5, 0.6) is 11.5 Å². The highest BCUT2D eigenvalue weighted by Gasteiger charge is 2.60. The number of hydrogen-bond donors (Lipinski definition) is 1. The second-order valence-corrected chi connectivity index (χ2v) is 8.55. The predicted molar refractivity (Wildman–Crippen MR) is 119 cm³/mol. The number of imide groups is 1. The molecule has 0 spiro atoms. The van der Waals surface area contributed by atoms with Crippen LogP contribution in [0.4, 0.5) is 11.4 Å². The zero-order chi connectivity index (χ0) is 22.6. The summed E-state index contributed by atoms with van der Waals surface area (Å²) in [5.74, 6) is 0.363. The minimum absolute atomic E-state index is 0.125. The van der Waals surface area contributed by atoms with Crippen molar-refractivity contribution < 1.29 is 23.9 Å². The van der Waals surface area contributed by atoms with Gasteiger partial charge in [0.1, 0.15) is 11.5 Å². The average molecular weight is 432 g/mol. The number of rotatable bonds is 5. The third-order valence-corrected chi connectivity index (χ3v) is 6.93. The van der Waals surface area contributed by atoms with E-state index in [1.54, 1.807) is 49.6 Å². The summed E-state index contributed by atoms with van der Waals surface area (Å²) in [6.45, 7) is 2.05. The highest BCUT2D eigenvalue weighted by molar-refractivity contribution is 6.23. The third-order valence-electron chi connectivity index (χ3n) is 6.93. The molecule has 3 aliphatic rings. The first-order valence-corrected chi connectivity index (χ1v) is 10.6. The number of amides is 3. The van der Waals surface area contributed by atoms with Crippen molar-refractivity contribution in [2.45, 2.75) is 13.3 Å². The SMILES string of the molecule is COc1ccc(NC(=O)c2ccc(N3C(=O)[C@@H]4[C@H](C3=O)[C@@H]3C[C@@H]4C=C3C)cc2)c(OC)c1. The Balaban J connectivity index is 1.34. The normalized spacial score (nSPS) is 25.6. The van der Waals surface area contributed by atoms with Gasteiger partial charge in [0.25, 0.3) is 5.91 Å². The van der Waals surface area contributed by atoms with Gasteiger partial charge in [-0.1, -0.05) is 11.6 Å². The Morgan fingerprint density at radius 2 is 1.72 bits per heavy atom. The maximum atomic E-state index is 13.1. The minimum atomic E-state index is -0.325. The van der Waals surface area contributed by atoms with Gasteiger partial charge < -0.3 is 14.8 Å². The fourth-order valence-corrected chi connectivity index (χ4v) is 5.39. The van der Waals surface area contributed by atoms with E-state index in [1.807, 2.05) is 6.92 Å². The molecule has 2 fully saturated rings. The number of methoxy groups -OCH3 is 2. The monoisotopic (exact) mass is 432 g/mol. The number of hydrogen-bond acceptors (Lipinski definition) is 5. The Morgan fingerprint density at radius 1 is 1.00 bits per heavy atom. The number of nitrogens with one attached hydrogen (secondary N) is 1. The summed E-state index contributed by atoms with van der Waals surface area (Å²) in [6.07, 6.45) is 3.06. The second-order valence-electron chi connectivity index (χ2n) is 8.55. The molecule has 7 nitrogen and oxygen atoms in total. The van der Waals surface area contributed by atoms with E-state index >= 15 is 0 Å². The van der Waals surface area contributed by atoms with Crippen molar-refractivity contribution in [3.63, 3.8) is 0 Å². The fraction of sp³-hybridized carbons (Fsp3) is 0.320. The molecule has 7 heteroatoms. The third kappa shape index (κ3) is 2.99. The summed E-state index contributed by atoms with van der Waals surface area (Å²) in [6, 6.07) is 11.7. The van der Waals surface area contributed by atoms with Crippen LogP contribution in [0.2, 0.25) is 0 Å². The van der Waals surface area contributed by atoms with E-state index in [0.29, 0.717) is 28.4 Å². The molecular weight excluding hydrogens is 408 g/mol. The number of anilines is 2. The molecular formula is C25H24N2O5. The van der Waals surface area contributed by atoms with Crippen molar-refractivity contribution in [3.8, 4) is 11.5 Å². The topological polar surface area (TPSA) is 84.9 Å². The van der Waals surface area contributed by atoms with E-state index in [9.17, 15) is 14.4 Å². The van der Waals surface area contributed by atoms with E-state index < -0.39 is 0 Å². The van der Waals surface area contributed by atoms with E-state index in [4.69, 9.17) is 9.47 Å². The van der Waals surface area contributed by atoms with Gasteiger partial charge in [-0.2, -0.15) is 0 Å². The van der Waals surface area contributed by atoms with Crippen LogP contribution in [0.25, 0.3) is 0 Å². The van der Waals surface area contributed by atoms with Crippen LogP contribution in [0, 0.1) is 23.7 Å². The lowest BCUT2D eigenvalue weighted by Gasteiger charge is -2.19. The molecule has 2 aromatic carbocycles. The maximum absolute atomic E-state index is 13.1. The predicted octanol–water partition coefficient (Wildman–Crippen LogP) is 3.66. The molecule has 1 saturated carbocycles. The lowest BCUT2D eigenvalue weighted by atomic mass is 9.82. The van der Waals surface area contributed by atoms with Crippen LogP contribution < -0.4 is 19.7 Å². The molecule has 1 heterocycles. The van der Waals surface area contributed by atoms with Crippen LogP contribution >= 0.6 is 0 Å². The summed E-state index contributed by atoms with van der Waals surface area (Å²) >= 11 is 0. The number of ether oxygens (including phenoxy) is 2. The van der Waals surface area contributed by atoms with Gasteiger partial charge in [0, 0.05) is 11.6 Å². The van der Waals surface area contributed by atoms with Crippen LogP contribution in [0.1, 0.15) is 23.7 Å². The number of allylic oxidation sites excluding steroid dienone is 2. The van der Waals surface area contributed by atoms with Gasteiger partial charge in [0.05, 0.1) is 37.4 Å². The summed E-state index contributed by atoms with van der Waals surface area (Å²) in [5.41, 5.74) is 2.65. The van der Waals surface area contributed by atoms with Crippen molar-refractivity contribution in [1.29, 1.82) is 0 Å². The van der Waals surface area contributed by atoms with Crippen LogP contribution in [-0.4, -0.2) is 31.9 Å². The first-order chi connectivity index (χ1) is 15.4. The average Bonchev–Trinajstić information content (AvgIpc) is 3.44. The summed E-state index contributed by atoms with van der Waals surface area (Å²) in [4.78, 5) is 40.2. The van der Waals surface area contributed by atoms with Crippen molar-refractivity contribution in [1.82, 2.24) is 0 Å². The molecule has 0 unspecified atom stereocenters. The van der Waals surface area contributed by atoms with Crippen molar-refractivity contribution >= 4 is 29.1 Å². The zero-order valence-corrected chi connectivity index (χ0v) is 18.1. The number of nitrogens with zero attached hydrogens (tertiary/aromatic N) is 1. The molecule has 164 valence electrons. The van der Waals surface area contributed by atoms with E-state index in [2.05, 4.69) is 11.4 Å². The number of carbonyl (C=O) groups excluding carboxylic acids is 3. The van der Waals surface area contributed by atoms with Gasteiger partial charge >= 0.3 is 0 Å². The summed E-state index contributed by atoms with van der Waals surface area (Å²) < 4.78 is 10.5. The molecule has 0 radical (unpaired) electrons. The van der Waals surface area contributed by atoms with Crippen molar-refractivity contribution in [3.05, 3.63) is 59.7 Å². The first-order valence-electron chi connectivity index (χ1n) is 10.6. The molecule has 2 bridgehead atoms. The van der Waals surface area contributed by atoms with Gasteiger partial charge in [0.15, 0.2) is 0 Å². The summed E-state index contributed by atoms with van der Waals surface area (Å²) in [5, 5.41) is 2.82. The highest BCUT2D eigenvalue weighted by atomic mass is 16.5. The molecule has 5 rings (SSSR count). The first kappa shape index (κ1) is 20.3. The zero-order valence-electron chi connectivity index (χ0n) is 18.1.